The van der Waals surface area contributed by atoms with Crippen LogP contribution in [0.1, 0.15) is 41.2 Å². The van der Waals surface area contributed by atoms with E-state index in [0.717, 1.165) is 5.56 Å². The lowest BCUT2D eigenvalue weighted by atomic mass is 9.88. The molecule has 3 rings (SSSR count). The summed E-state index contributed by atoms with van der Waals surface area (Å²) in [5, 5.41) is 12.7. The van der Waals surface area contributed by atoms with Crippen LogP contribution in [0, 0.1) is 0 Å². The van der Waals surface area contributed by atoms with Gasteiger partial charge in [0, 0.05) is 18.4 Å². The number of allylic oxidation sites excluding steroid dienone is 1. The lowest BCUT2D eigenvalue weighted by Crippen LogP contribution is -2.27. The smallest absolute Gasteiger partial charge is 0.252 e. The van der Waals surface area contributed by atoms with E-state index in [1.165, 1.54) is 0 Å². The SMILES string of the molecule is O=C1CCCC(O)=C1C1NC(=O)c2ccccc21. The Labute approximate surface area is 104 Å². The Hall–Kier alpha value is -2.10. The van der Waals surface area contributed by atoms with Crippen molar-refractivity contribution in [2.45, 2.75) is 25.3 Å². The summed E-state index contributed by atoms with van der Waals surface area (Å²) in [7, 11) is 0. The van der Waals surface area contributed by atoms with Crippen LogP contribution in [0.5, 0.6) is 0 Å². The Morgan fingerprint density at radius 1 is 1.17 bits per heavy atom. The number of carbonyl (C=O) groups excluding carboxylic acids is 2. The van der Waals surface area contributed by atoms with Gasteiger partial charge in [0.2, 0.25) is 0 Å². The van der Waals surface area contributed by atoms with E-state index >= 15 is 0 Å². The molecule has 1 aromatic rings. The zero-order valence-electron chi connectivity index (χ0n) is 9.77. The fraction of sp³-hybridized carbons (Fsp3) is 0.286. The number of benzene rings is 1. The molecule has 1 amide bonds. The van der Waals surface area contributed by atoms with Crippen LogP contribution in [0.3, 0.4) is 0 Å². The molecular formula is C14H13NO3. The van der Waals surface area contributed by atoms with Gasteiger partial charge in [-0.15, -0.1) is 0 Å². The van der Waals surface area contributed by atoms with Crippen molar-refractivity contribution in [2.75, 3.05) is 0 Å². The Morgan fingerprint density at radius 2 is 1.94 bits per heavy atom. The quantitative estimate of drug-likeness (QED) is 0.793. The van der Waals surface area contributed by atoms with Crippen molar-refractivity contribution in [3.05, 3.63) is 46.7 Å². The van der Waals surface area contributed by atoms with E-state index in [4.69, 9.17) is 0 Å². The summed E-state index contributed by atoms with van der Waals surface area (Å²) < 4.78 is 0. The van der Waals surface area contributed by atoms with Gasteiger partial charge in [-0.05, 0) is 18.1 Å². The molecule has 0 aromatic heterocycles. The largest absolute Gasteiger partial charge is 0.512 e. The zero-order valence-corrected chi connectivity index (χ0v) is 9.77. The number of nitrogens with one attached hydrogen (secondary N) is 1. The standard InChI is InChI=1S/C14H13NO3/c16-10-6-3-7-11(17)12(10)13-8-4-1-2-5-9(8)14(18)15-13/h1-2,4-5,13,16H,3,6-7H2,(H,15,18). The molecule has 92 valence electrons. The maximum absolute atomic E-state index is 11.9. The van der Waals surface area contributed by atoms with E-state index in [2.05, 4.69) is 5.32 Å². The molecule has 1 unspecified atom stereocenters. The number of carbonyl (C=O) groups is 2. The van der Waals surface area contributed by atoms with Gasteiger partial charge in [0.15, 0.2) is 5.78 Å². The summed E-state index contributed by atoms with van der Waals surface area (Å²) >= 11 is 0. The van der Waals surface area contributed by atoms with E-state index in [9.17, 15) is 14.7 Å². The summed E-state index contributed by atoms with van der Waals surface area (Å²) in [5.74, 6) is -0.136. The van der Waals surface area contributed by atoms with E-state index in [0.29, 0.717) is 30.4 Å². The van der Waals surface area contributed by atoms with Crippen LogP contribution in [-0.4, -0.2) is 16.8 Å². The molecule has 0 saturated heterocycles. The molecule has 0 radical (unpaired) electrons. The van der Waals surface area contributed by atoms with Crippen LogP contribution >= 0.6 is 0 Å². The number of hydrogen-bond donors (Lipinski definition) is 2. The van der Waals surface area contributed by atoms with Crippen LogP contribution in [0.25, 0.3) is 0 Å². The van der Waals surface area contributed by atoms with Crippen molar-refractivity contribution in [3.63, 3.8) is 0 Å². The molecular weight excluding hydrogens is 230 g/mol. The second-order valence-corrected chi connectivity index (χ2v) is 4.63. The van der Waals surface area contributed by atoms with Gasteiger partial charge >= 0.3 is 0 Å². The highest BCUT2D eigenvalue weighted by molar-refractivity contribution is 6.04. The molecule has 1 aliphatic heterocycles. The van der Waals surface area contributed by atoms with Gasteiger partial charge in [-0.3, -0.25) is 9.59 Å². The predicted octanol–water partition coefficient (Wildman–Crippen LogP) is 2.04. The Balaban J connectivity index is 2.10. The van der Waals surface area contributed by atoms with Crippen molar-refractivity contribution in [3.8, 4) is 0 Å². The normalized spacial score (nSPS) is 23.0. The van der Waals surface area contributed by atoms with Crippen molar-refractivity contribution in [2.24, 2.45) is 0 Å². The van der Waals surface area contributed by atoms with Crippen LogP contribution in [0.15, 0.2) is 35.6 Å². The van der Waals surface area contributed by atoms with Gasteiger partial charge in [0.25, 0.3) is 5.91 Å². The molecule has 2 N–H and O–H groups in total. The third-order valence-corrected chi connectivity index (χ3v) is 3.51. The summed E-state index contributed by atoms with van der Waals surface area (Å²) in [6, 6.07) is 6.69. The predicted molar refractivity (Wildman–Crippen MR) is 65.2 cm³/mol. The number of fused-ring (bicyclic) bond motifs is 1. The fourth-order valence-electron chi connectivity index (χ4n) is 2.64. The minimum atomic E-state index is -0.485. The van der Waals surface area contributed by atoms with Crippen LogP contribution in [-0.2, 0) is 4.79 Å². The Morgan fingerprint density at radius 3 is 2.72 bits per heavy atom. The monoisotopic (exact) mass is 243 g/mol. The van der Waals surface area contributed by atoms with Crippen LogP contribution in [0.2, 0.25) is 0 Å². The second kappa shape index (κ2) is 3.98. The molecule has 0 bridgehead atoms. The van der Waals surface area contributed by atoms with Gasteiger partial charge in [-0.25, -0.2) is 0 Å². The number of aliphatic hydroxyl groups excluding tert-OH is 1. The van der Waals surface area contributed by atoms with E-state index in [-0.39, 0.29) is 17.4 Å². The highest BCUT2D eigenvalue weighted by atomic mass is 16.3. The number of aliphatic hydroxyl groups is 1. The van der Waals surface area contributed by atoms with E-state index < -0.39 is 6.04 Å². The van der Waals surface area contributed by atoms with Crippen molar-refractivity contribution in [1.29, 1.82) is 0 Å². The topological polar surface area (TPSA) is 66.4 Å². The third-order valence-electron chi connectivity index (χ3n) is 3.51. The molecule has 4 nitrogen and oxygen atoms in total. The molecule has 1 aliphatic carbocycles. The number of rotatable bonds is 1. The highest BCUT2D eigenvalue weighted by Crippen LogP contribution is 2.35. The first-order valence-corrected chi connectivity index (χ1v) is 6.03. The molecule has 0 fully saturated rings. The average molecular weight is 243 g/mol. The summed E-state index contributed by atoms with van der Waals surface area (Å²) in [6.07, 6.45) is 1.63. The molecule has 0 spiro atoms. The minimum Gasteiger partial charge on any atom is -0.512 e. The zero-order chi connectivity index (χ0) is 12.7. The number of ketones is 1. The van der Waals surface area contributed by atoms with Crippen molar-refractivity contribution < 1.29 is 14.7 Å². The first kappa shape index (κ1) is 11.0. The Kier molecular flexibility index (Phi) is 2.44. The van der Waals surface area contributed by atoms with Gasteiger partial charge < -0.3 is 10.4 Å². The summed E-state index contributed by atoms with van der Waals surface area (Å²) in [5.41, 5.74) is 1.72. The molecule has 1 heterocycles. The fourth-order valence-corrected chi connectivity index (χ4v) is 2.64. The van der Waals surface area contributed by atoms with Gasteiger partial charge in [-0.1, -0.05) is 18.2 Å². The number of hydrogen-bond acceptors (Lipinski definition) is 3. The summed E-state index contributed by atoms with van der Waals surface area (Å²) in [4.78, 5) is 23.7. The molecule has 1 aromatic carbocycles. The lowest BCUT2D eigenvalue weighted by molar-refractivity contribution is -0.116. The first-order valence-electron chi connectivity index (χ1n) is 6.03. The van der Waals surface area contributed by atoms with Gasteiger partial charge in [0.05, 0.1) is 11.6 Å². The van der Waals surface area contributed by atoms with Crippen LogP contribution in [0.4, 0.5) is 0 Å². The van der Waals surface area contributed by atoms with E-state index in [1.807, 2.05) is 12.1 Å². The van der Waals surface area contributed by atoms with Crippen LogP contribution < -0.4 is 5.32 Å². The molecule has 2 aliphatic rings. The summed E-state index contributed by atoms with van der Waals surface area (Å²) in [6.45, 7) is 0. The Bertz CT molecular complexity index is 574. The molecule has 18 heavy (non-hydrogen) atoms. The maximum atomic E-state index is 11.9. The van der Waals surface area contributed by atoms with E-state index in [1.54, 1.807) is 12.1 Å². The number of amides is 1. The molecule has 1 atom stereocenters. The first-order chi connectivity index (χ1) is 8.68. The molecule has 4 heteroatoms. The second-order valence-electron chi connectivity index (χ2n) is 4.63. The lowest BCUT2D eigenvalue weighted by Gasteiger charge is -2.20. The highest BCUT2D eigenvalue weighted by Gasteiger charge is 2.36. The minimum absolute atomic E-state index is 0.0687. The number of Topliss-reactive ketones (excluding diaryl/α,β-unsaturated/α-hetero) is 1. The van der Waals surface area contributed by atoms with Gasteiger partial charge in [0.1, 0.15) is 5.76 Å². The third kappa shape index (κ3) is 1.53. The van der Waals surface area contributed by atoms with Crippen molar-refractivity contribution >= 4 is 11.7 Å². The average Bonchev–Trinajstić information content (AvgIpc) is 2.68. The van der Waals surface area contributed by atoms with Gasteiger partial charge in [-0.2, -0.15) is 0 Å². The maximum Gasteiger partial charge on any atom is 0.252 e. The molecule has 0 saturated carbocycles. The van der Waals surface area contributed by atoms with Crippen molar-refractivity contribution in [1.82, 2.24) is 5.32 Å².